The fourth-order valence-corrected chi connectivity index (χ4v) is 1.09. The van der Waals surface area contributed by atoms with Crippen molar-refractivity contribution in [1.82, 2.24) is 9.97 Å². The van der Waals surface area contributed by atoms with Crippen LogP contribution in [0, 0.1) is 0 Å². The van der Waals surface area contributed by atoms with Crippen LogP contribution in [-0.2, 0) is 0 Å². The minimum atomic E-state index is 0.259. The van der Waals surface area contributed by atoms with Crippen LogP contribution in [0.1, 0.15) is 13.8 Å². The molecule has 0 spiro atoms. The molecular weight excluding hydrogens is 152 g/mol. The highest BCUT2D eigenvalue weighted by molar-refractivity contribution is 5.94. The lowest BCUT2D eigenvalue weighted by Gasteiger charge is -2.19. The van der Waals surface area contributed by atoms with Gasteiger partial charge in [-0.1, -0.05) is 0 Å². The Hall–Kier alpha value is -1.45. The minimum absolute atomic E-state index is 0.259. The van der Waals surface area contributed by atoms with Gasteiger partial charge in [0.15, 0.2) is 11.6 Å². The lowest BCUT2D eigenvalue weighted by molar-refractivity contribution is 0.978. The van der Waals surface area contributed by atoms with E-state index in [1.807, 2.05) is 6.92 Å². The summed E-state index contributed by atoms with van der Waals surface area (Å²) in [5.74, 6) is 1.46. The van der Waals surface area contributed by atoms with E-state index in [0.29, 0.717) is 5.82 Å². The summed E-state index contributed by atoms with van der Waals surface area (Å²) in [5.41, 5.74) is 1.04. The molecule has 0 amide bonds. The Morgan fingerprint density at radius 2 is 2.08 bits per heavy atom. The van der Waals surface area contributed by atoms with Gasteiger partial charge >= 0.3 is 0 Å². The molecule has 1 aromatic heterocycles. The first-order valence-electron chi connectivity index (χ1n) is 3.90. The van der Waals surface area contributed by atoms with Crippen LogP contribution in [0.4, 0.5) is 11.6 Å². The number of nitrogens with one attached hydrogen (secondary N) is 1. The van der Waals surface area contributed by atoms with Crippen molar-refractivity contribution in [3.63, 3.8) is 0 Å². The molecule has 1 aromatic rings. The zero-order chi connectivity index (χ0) is 8.55. The maximum Gasteiger partial charge on any atom is 0.195 e. The maximum atomic E-state index is 4.31. The molecule has 0 aliphatic carbocycles. The van der Waals surface area contributed by atoms with E-state index in [1.54, 1.807) is 12.4 Å². The predicted octanol–water partition coefficient (Wildman–Crippen LogP) is 1.38. The van der Waals surface area contributed by atoms with Crippen molar-refractivity contribution in [2.24, 2.45) is 4.99 Å². The van der Waals surface area contributed by atoms with Gasteiger partial charge in [0.1, 0.15) is 0 Å². The summed E-state index contributed by atoms with van der Waals surface area (Å²) in [6.45, 7) is 4.03. The number of rotatable bonds is 0. The molecule has 0 bridgehead atoms. The standard InChI is InChI=1S/C8H10N4/c1-5-6(2)12-8-7(11-5)9-3-4-10-8/h3-5H,1-2H3,(H,9,11). The topological polar surface area (TPSA) is 50.2 Å². The number of fused-ring (bicyclic) bond motifs is 1. The van der Waals surface area contributed by atoms with Gasteiger partial charge in [-0.25, -0.2) is 15.0 Å². The first kappa shape index (κ1) is 7.21. The highest BCUT2D eigenvalue weighted by atomic mass is 15.1. The third-order valence-electron chi connectivity index (χ3n) is 1.94. The fourth-order valence-electron chi connectivity index (χ4n) is 1.09. The second-order valence-electron chi connectivity index (χ2n) is 2.85. The van der Waals surface area contributed by atoms with E-state index in [4.69, 9.17) is 0 Å². The van der Waals surface area contributed by atoms with Crippen LogP contribution in [0.5, 0.6) is 0 Å². The minimum Gasteiger partial charge on any atom is -0.359 e. The highest BCUT2D eigenvalue weighted by Crippen LogP contribution is 2.23. The molecule has 0 saturated heterocycles. The summed E-state index contributed by atoms with van der Waals surface area (Å²) >= 11 is 0. The van der Waals surface area contributed by atoms with Gasteiger partial charge in [0.25, 0.3) is 0 Å². The molecule has 12 heavy (non-hydrogen) atoms. The second-order valence-corrected chi connectivity index (χ2v) is 2.85. The SMILES string of the molecule is CC1=Nc2nccnc2NC1C. The quantitative estimate of drug-likeness (QED) is 0.627. The average molecular weight is 162 g/mol. The van der Waals surface area contributed by atoms with Gasteiger partial charge in [-0.3, -0.25) is 0 Å². The summed E-state index contributed by atoms with van der Waals surface area (Å²) in [6, 6.07) is 0.259. The van der Waals surface area contributed by atoms with E-state index >= 15 is 0 Å². The zero-order valence-corrected chi connectivity index (χ0v) is 7.07. The summed E-state index contributed by atoms with van der Waals surface area (Å²) in [7, 11) is 0. The Bertz CT molecular complexity index is 332. The molecule has 1 aliphatic heterocycles. The van der Waals surface area contributed by atoms with Gasteiger partial charge in [-0.2, -0.15) is 0 Å². The molecule has 4 nitrogen and oxygen atoms in total. The van der Waals surface area contributed by atoms with Crippen molar-refractivity contribution in [3.05, 3.63) is 12.4 Å². The highest BCUT2D eigenvalue weighted by Gasteiger charge is 2.15. The Morgan fingerprint density at radius 3 is 2.92 bits per heavy atom. The number of hydrogen-bond donors (Lipinski definition) is 1. The molecular formula is C8H10N4. The summed E-state index contributed by atoms with van der Waals surface area (Å²) in [4.78, 5) is 12.5. The number of aromatic nitrogens is 2. The number of anilines is 1. The molecule has 0 radical (unpaired) electrons. The molecule has 1 aliphatic rings. The molecule has 0 fully saturated rings. The van der Waals surface area contributed by atoms with Gasteiger partial charge in [0, 0.05) is 18.1 Å². The Morgan fingerprint density at radius 1 is 1.33 bits per heavy atom. The zero-order valence-electron chi connectivity index (χ0n) is 7.07. The van der Waals surface area contributed by atoms with Crippen molar-refractivity contribution < 1.29 is 0 Å². The third kappa shape index (κ3) is 1.05. The summed E-state index contributed by atoms with van der Waals surface area (Å²) < 4.78 is 0. The van der Waals surface area contributed by atoms with Crippen LogP contribution < -0.4 is 5.32 Å². The van der Waals surface area contributed by atoms with Crippen molar-refractivity contribution in [2.75, 3.05) is 5.32 Å². The van der Waals surface area contributed by atoms with Crippen LogP contribution in [0.2, 0.25) is 0 Å². The maximum absolute atomic E-state index is 4.31. The van der Waals surface area contributed by atoms with Crippen LogP contribution in [0.15, 0.2) is 17.4 Å². The number of aliphatic imine (C=N–C) groups is 1. The molecule has 1 unspecified atom stereocenters. The van der Waals surface area contributed by atoms with Crippen LogP contribution in [0.25, 0.3) is 0 Å². The molecule has 2 heterocycles. The monoisotopic (exact) mass is 162 g/mol. The molecule has 0 aromatic carbocycles. The average Bonchev–Trinajstić information content (AvgIpc) is 2.07. The smallest absolute Gasteiger partial charge is 0.195 e. The second kappa shape index (κ2) is 2.55. The first-order valence-corrected chi connectivity index (χ1v) is 3.90. The lowest BCUT2D eigenvalue weighted by Crippen LogP contribution is -2.27. The van der Waals surface area contributed by atoms with Crippen LogP contribution in [0.3, 0.4) is 0 Å². The van der Waals surface area contributed by atoms with Crippen LogP contribution in [-0.4, -0.2) is 21.7 Å². The predicted molar refractivity (Wildman–Crippen MR) is 47.9 cm³/mol. The van der Waals surface area contributed by atoms with E-state index < -0.39 is 0 Å². The van der Waals surface area contributed by atoms with Crippen molar-refractivity contribution >= 4 is 17.3 Å². The van der Waals surface area contributed by atoms with Gasteiger partial charge in [-0.05, 0) is 13.8 Å². The summed E-state index contributed by atoms with van der Waals surface area (Å²) in [5, 5.41) is 3.21. The normalized spacial score (nSPS) is 20.8. The molecule has 62 valence electrons. The van der Waals surface area contributed by atoms with E-state index in [9.17, 15) is 0 Å². The molecule has 2 rings (SSSR count). The van der Waals surface area contributed by atoms with E-state index in [2.05, 4.69) is 27.2 Å². The van der Waals surface area contributed by atoms with E-state index in [1.165, 1.54) is 0 Å². The van der Waals surface area contributed by atoms with Crippen molar-refractivity contribution in [2.45, 2.75) is 19.9 Å². The van der Waals surface area contributed by atoms with E-state index in [-0.39, 0.29) is 6.04 Å². The Balaban J connectivity index is 2.49. The first-order chi connectivity index (χ1) is 5.77. The van der Waals surface area contributed by atoms with E-state index in [0.717, 1.165) is 11.5 Å². The Labute approximate surface area is 70.8 Å². The van der Waals surface area contributed by atoms with Gasteiger partial charge in [0.05, 0.1) is 6.04 Å². The summed E-state index contributed by atoms with van der Waals surface area (Å²) in [6.07, 6.45) is 3.31. The molecule has 1 N–H and O–H groups in total. The van der Waals surface area contributed by atoms with Gasteiger partial charge in [-0.15, -0.1) is 0 Å². The van der Waals surface area contributed by atoms with Crippen molar-refractivity contribution in [1.29, 1.82) is 0 Å². The van der Waals surface area contributed by atoms with Gasteiger partial charge in [0.2, 0.25) is 0 Å². The largest absolute Gasteiger partial charge is 0.359 e. The third-order valence-corrected chi connectivity index (χ3v) is 1.94. The Kier molecular flexibility index (Phi) is 1.53. The van der Waals surface area contributed by atoms with Crippen molar-refractivity contribution in [3.8, 4) is 0 Å². The lowest BCUT2D eigenvalue weighted by atomic mass is 10.2. The molecule has 4 heteroatoms. The number of hydrogen-bond acceptors (Lipinski definition) is 4. The fraction of sp³-hybridized carbons (Fsp3) is 0.375. The van der Waals surface area contributed by atoms with Gasteiger partial charge < -0.3 is 5.32 Å². The number of nitrogens with zero attached hydrogens (tertiary/aromatic N) is 3. The molecule has 1 atom stereocenters. The van der Waals surface area contributed by atoms with Crippen LogP contribution >= 0.6 is 0 Å². The molecule has 0 saturated carbocycles.